The minimum absolute atomic E-state index is 0.0154. The second kappa shape index (κ2) is 7.84. The van der Waals surface area contributed by atoms with Gasteiger partial charge in [0.1, 0.15) is 0 Å². The van der Waals surface area contributed by atoms with Crippen molar-refractivity contribution < 1.29 is 9.53 Å². The first-order chi connectivity index (χ1) is 8.69. The Morgan fingerprint density at radius 3 is 2.61 bits per heavy atom. The molecule has 4 nitrogen and oxygen atoms in total. The monoisotopic (exact) mass is 250 g/mol. The lowest BCUT2D eigenvalue weighted by molar-refractivity contribution is -0.133. The van der Waals surface area contributed by atoms with Crippen molar-refractivity contribution in [2.24, 2.45) is 5.73 Å². The van der Waals surface area contributed by atoms with Crippen molar-refractivity contribution in [3.05, 3.63) is 35.9 Å². The van der Waals surface area contributed by atoms with Gasteiger partial charge in [-0.05, 0) is 12.0 Å². The van der Waals surface area contributed by atoms with Crippen molar-refractivity contribution in [2.75, 3.05) is 20.3 Å². The van der Waals surface area contributed by atoms with E-state index in [4.69, 9.17) is 10.5 Å². The van der Waals surface area contributed by atoms with Crippen LogP contribution in [0.4, 0.5) is 0 Å². The van der Waals surface area contributed by atoms with E-state index in [9.17, 15) is 4.79 Å². The van der Waals surface area contributed by atoms with Crippen LogP contribution < -0.4 is 5.73 Å². The van der Waals surface area contributed by atoms with Crippen molar-refractivity contribution >= 4 is 5.91 Å². The van der Waals surface area contributed by atoms with Crippen molar-refractivity contribution in [3.8, 4) is 0 Å². The maximum atomic E-state index is 12.1. The average molecular weight is 250 g/mol. The van der Waals surface area contributed by atoms with Gasteiger partial charge in [0.25, 0.3) is 0 Å². The van der Waals surface area contributed by atoms with Gasteiger partial charge in [-0.3, -0.25) is 4.79 Å². The molecule has 1 rings (SSSR count). The third kappa shape index (κ3) is 4.47. The summed E-state index contributed by atoms with van der Waals surface area (Å²) in [5, 5.41) is 0. The molecule has 0 saturated carbocycles. The van der Waals surface area contributed by atoms with Gasteiger partial charge in [0.2, 0.25) is 5.91 Å². The van der Waals surface area contributed by atoms with E-state index in [-0.39, 0.29) is 5.91 Å². The van der Waals surface area contributed by atoms with E-state index in [2.05, 4.69) is 0 Å². The largest absolute Gasteiger partial charge is 0.383 e. The Morgan fingerprint density at radius 1 is 1.39 bits per heavy atom. The molecule has 0 bridgehead atoms. The summed E-state index contributed by atoms with van der Waals surface area (Å²) in [4.78, 5) is 13.9. The Labute approximate surface area is 109 Å². The molecule has 100 valence electrons. The number of methoxy groups -OCH3 is 1. The number of ether oxygens (including phenoxy) is 1. The maximum absolute atomic E-state index is 12.1. The number of nitrogens with zero attached hydrogens (tertiary/aromatic N) is 1. The second-order valence-electron chi connectivity index (χ2n) is 4.25. The quantitative estimate of drug-likeness (QED) is 0.796. The van der Waals surface area contributed by atoms with E-state index >= 15 is 0 Å². The fraction of sp³-hybridized carbons (Fsp3) is 0.500. The SMILES string of the molecule is CC[C@@H](N)C(=O)N(CCOC)Cc1ccccc1. The topological polar surface area (TPSA) is 55.6 Å². The van der Waals surface area contributed by atoms with Crippen LogP contribution in [0.2, 0.25) is 0 Å². The number of benzene rings is 1. The highest BCUT2D eigenvalue weighted by Crippen LogP contribution is 2.06. The second-order valence-corrected chi connectivity index (χ2v) is 4.25. The predicted molar refractivity (Wildman–Crippen MR) is 72.0 cm³/mol. The molecule has 2 N–H and O–H groups in total. The summed E-state index contributed by atoms with van der Waals surface area (Å²) in [6, 6.07) is 9.48. The number of nitrogens with two attached hydrogens (primary N) is 1. The van der Waals surface area contributed by atoms with Gasteiger partial charge in [0.05, 0.1) is 12.6 Å². The number of amides is 1. The zero-order chi connectivity index (χ0) is 13.4. The smallest absolute Gasteiger partial charge is 0.239 e. The lowest BCUT2D eigenvalue weighted by Gasteiger charge is -2.25. The zero-order valence-electron chi connectivity index (χ0n) is 11.1. The van der Waals surface area contributed by atoms with Crippen molar-refractivity contribution in [3.63, 3.8) is 0 Å². The molecule has 0 heterocycles. The molecule has 0 radical (unpaired) electrons. The minimum Gasteiger partial charge on any atom is -0.383 e. The summed E-state index contributed by atoms with van der Waals surface area (Å²) < 4.78 is 5.04. The Balaban J connectivity index is 2.69. The van der Waals surface area contributed by atoms with Crippen LogP contribution in [0.25, 0.3) is 0 Å². The molecular formula is C14H22N2O2. The molecule has 0 unspecified atom stereocenters. The van der Waals surface area contributed by atoms with Gasteiger partial charge >= 0.3 is 0 Å². The van der Waals surface area contributed by atoms with Crippen LogP contribution in [0.1, 0.15) is 18.9 Å². The third-order valence-electron chi connectivity index (χ3n) is 2.85. The molecule has 0 spiro atoms. The van der Waals surface area contributed by atoms with Gasteiger partial charge in [-0.15, -0.1) is 0 Å². The Bertz CT molecular complexity index is 354. The normalized spacial score (nSPS) is 12.2. The van der Waals surface area contributed by atoms with E-state index in [1.54, 1.807) is 12.0 Å². The molecule has 1 amide bonds. The van der Waals surface area contributed by atoms with Gasteiger partial charge in [-0.1, -0.05) is 37.3 Å². The zero-order valence-corrected chi connectivity index (χ0v) is 11.1. The van der Waals surface area contributed by atoms with E-state index in [0.717, 1.165) is 5.56 Å². The molecule has 0 aliphatic heterocycles. The predicted octanol–water partition coefficient (Wildman–Crippen LogP) is 1.40. The lowest BCUT2D eigenvalue weighted by Crippen LogP contribution is -2.44. The molecule has 0 aliphatic rings. The number of rotatable bonds is 7. The van der Waals surface area contributed by atoms with Gasteiger partial charge in [0, 0.05) is 20.2 Å². The van der Waals surface area contributed by atoms with E-state index in [0.29, 0.717) is 26.1 Å². The summed E-state index contributed by atoms with van der Waals surface area (Å²) in [7, 11) is 1.63. The molecular weight excluding hydrogens is 228 g/mol. The van der Waals surface area contributed by atoms with E-state index in [1.165, 1.54) is 0 Å². The summed E-state index contributed by atoms with van der Waals surface area (Å²) in [5.41, 5.74) is 6.91. The molecule has 18 heavy (non-hydrogen) atoms. The molecule has 4 heteroatoms. The van der Waals surface area contributed by atoms with Gasteiger partial charge in [-0.25, -0.2) is 0 Å². The van der Waals surface area contributed by atoms with Crippen molar-refractivity contribution in [1.82, 2.24) is 4.90 Å². The van der Waals surface area contributed by atoms with E-state index in [1.807, 2.05) is 37.3 Å². The number of carbonyl (C=O) groups excluding carboxylic acids is 1. The summed E-state index contributed by atoms with van der Waals surface area (Å²) in [6.07, 6.45) is 0.650. The van der Waals surface area contributed by atoms with Crippen LogP contribution in [0.3, 0.4) is 0 Å². The first-order valence-corrected chi connectivity index (χ1v) is 6.26. The molecule has 1 aromatic rings. The van der Waals surface area contributed by atoms with Crippen LogP contribution in [-0.4, -0.2) is 37.1 Å². The van der Waals surface area contributed by atoms with Crippen molar-refractivity contribution in [1.29, 1.82) is 0 Å². The van der Waals surface area contributed by atoms with Crippen molar-refractivity contribution in [2.45, 2.75) is 25.9 Å². The Kier molecular flexibility index (Phi) is 6.39. The molecule has 0 saturated heterocycles. The minimum atomic E-state index is -0.425. The third-order valence-corrected chi connectivity index (χ3v) is 2.85. The Hall–Kier alpha value is -1.39. The van der Waals surface area contributed by atoms with E-state index < -0.39 is 6.04 Å². The van der Waals surface area contributed by atoms with Gasteiger partial charge in [0.15, 0.2) is 0 Å². The van der Waals surface area contributed by atoms with Gasteiger partial charge in [-0.2, -0.15) is 0 Å². The highest BCUT2D eigenvalue weighted by atomic mass is 16.5. The standard InChI is InChI=1S/C14H22N2O2/c1-3-13(15)14(17)16(9-10-18-2)11-12-7-5-4-6-8-12/h4-8,13H,3,9-11,15H2,1-2H3/t13-/m1/s1. The molecule has 0 aliphatic carbocycles. The average Bonchev–Trinajstić information content (AvgIpc) is 2.42. The number of carbonyl (C=O) groups is 1. The fourth-order valence-electron chi connectivity index (χ4n) is 1.68. The summed E-state index contributed by atoms with van der Waals surface area (Å²) in [6.45, 7) is 3.59. The van der Waals surface area contributed by atoms with Crippen LogP contribution >= 0.6 is 0 Å². The van der Waals surface area contributed by atoms with Crippen LogP contribution in [0.15, 0.2) is 30.3 Å². The van der Waals surface area contributed by atoms with Gasteiger partial charge < -0.3 is 15.4 Å². The number of hydrogen-bond donors (Lipinski definition) is 1. The van der Waals surface area contributed by atoms with Crippen LogP contribution in [0.5, 0.6) is 0 Å². The molecule has 0 fully saturated rings. The maximum Gasteiger partial charge on any atom is 0.239 e. The highest BCUT2D eigenvalue weighted by molar-refractivity contribution is 5.81. The number of hydrogen-bond acceptors (Lipinski definition) is 3. The molecule has 1 aromatic carbocycles. The first kappa shape index (κ1) is 14.7. The first-order valence-electron chi connectivity index (χ1n) is 6.26. The van der Waals surface area contributed by atoms with Crippen LogP contribution in [0, 0.1) is 0 Å². The Morgan fingerprint density at radius 2 is 2.06 bits per heavy atom. The van der Waals surface area contributed by atoms with Crippen LogP contribution in [-0.2, 0) is 16.1 Å². The summed E-state index contributed by atoms with van der Waals surface area (Å²) >= 11 is 0. The summed E-state index contributed by atoms with van der Waals surface area (Å²) in [5.74, 6) is -0.0154. The fourth-order valence-corrected chi connectivity index (χ4v) is 1.68. The molecule has 1 atom stereocenters. The lowest BCUT2D eigenvalue weighted by atomic mass is 10.1. The highest BCUT2D eigenvalue weighted by Gasteiger charge is 2.19. The molecule has 0 aromatic heterocycles.